The van der Waals surface area contributed by atoms with E-state index in [-0.39, 0.29) is 31.1 Å². The van der Waals surface area contributed by atoms with Crippen LogP contribution in [0.1, 0.15) is 387 Å². The number of rotatable bonds is 65. The molecule has 0 aromatic carbocycles. The zero-order valence-corrected chi connectivity index (χ0v) is 52.7. The monoisotopic (exact) mass is 1100 g/mol. The lowest BCUT2D eigenvalue weighted by molar-refractivity contribution is -0.167. The van der Waals surface area contributed by atoms with Gasteiger partial charge < -0.3 is 14.2 Å². The first-order chi connectivity index (χ1) is 38.5. The first kappa shape index (κ1) is 75.6. The van der Waals surface area contributed by atoms with Crippen LogP contribution in [0, 0.1) is 0 Å². The fourth-order valence-electron chi connectivity index (χ4n) is 10.6. The van der Waals surface area contributed by atoms with E-state index in [4.69, 9.17) is 14.2 Å². The number of hydrogen-bond donors (Lipinski definition) is 0. The fraction of sp³-hybridized carbons (Fsp3) is 0.875. The Morgan fingerprint density at radius 2 is 0.462 bits per heavy atom. The number of esters is 3. The molecule has 78 heavy (non-hydrogen) atoms. The largest absolute Gasteiger partial charge is 0.462 e. The summed E-state index contributed by atoms with van der Waals surface area (Å²) in [6, 6.07) is 0. The standard InChI is InChI=1S/C72H134O6/c1-4-7-10-13-16-19-22-24-26-28-30-32-33-34-35-36-37-38-39-41-42-44-46-48-50-53-56-59-62-65-71(74)77-68-69(67-76-70(73)64-61-58-55-52-21-18-15-12-9-6-3)78-72(75)66-63-60-57-54-51-49-47-45-43-40-31-29-27-25-23-20-17-14-11-8-5-2/h23,25,29,31,43,45,69H,4-22,24,26-28,30,32-42,44,46-68H2,1-3H3/b25-23-,31-29-,45-43-. The summed E-state index contributed by atoms with van der Waals surface area (Å²) in [5.74, 6) is -0.861. The summed E-state index contributed by atoms with van der Waals surface area (Å²) >= 11 is 0. The van der Waals surface area contributed by atoms with Gasteiger partial charge in [-0.1, -0.05) is 346 Å². The molecule has 6 nitrogen and oxygen atoms in total. The average Bonchev–Trinajstić information content (AvgIpc) is 3.44. The van der Waals surface area contributed by atoms with Crippen molar-refractivity contribution in [1.82, 2.24) is 0 Å². The highest BCUT2D eigenvalue weighted by Gasteiger charge is 2.19. The molecule has 0 aliphatic carbocycles. The van der Waals surface area contributed by atoms with Crippen LogP contribution < -0.4 is 0 Å². The van der Waals surface area contributed by atoms with Crippen LogP contribution in [0.25, 0.3) is 0 Å². The SMILES string of the molecule is CCCCCCC/C=C\C/C=C\C/C=C\CCCCCCCCC(=O)OC(COC(=O)CCCCCCCCCCCC)COC(=O)CCCCCCCCCCCCCCCCCCCCCCCCCCCCCCC. The molecule has 0 saturated heterocycles. The van der Waals surface area contributed by atoms with Crippen molar-refractivity contribution in [3.05, 3.63) is 36.5 Å². The lowest BCUT2D eigenvalue weighted by atomic mass is 10.0. The van der Waals surface area contributed by atoms with Gasteiger partial charge in [0.2, 0.25) is 0 Å². The van der Waals surface area contributed by atoms with Crippen LogP contribution in [0.2, 0.25) is 0 Å². The Labute approximate surface area is 486 Å². The van der Waals surface area contributed by atoms with Gasteiger partial charge in [-0.25, -0.2) is 0 Å². The second-order valence-electron chi connectivity index (χ2n) is 23.8. The summed E-state index contributed by atoms with van der Waals surface area (Å²) in [6.07, 6.45) is 83.3. The molecule has 0 N–H and O–H groups in total. The van der Waals surface area contributed by atoms with Crippen LogP contribution in [0.3, 0.4) is 0 Å². The van der Waals surface area contributed by atoms with Crippen molar-refractivity contribution in [1.29, 1.82) is 0 Å². The van der Waals surface area contributed by atoms with Gasteiger partial charge in [0.15, 0.2) is 6.10 Å². The van der Waals surface area contributed by atoms with E-state index in [2.05, 4.69) is 57.2 Å². The third-order valence-electron chi connectivity index (χ3n) is 15.9. The summed E-state index contributed by atoms with van der Waals surface area (Å²) in [4.78, 5) is 38.3. The molecule has 0 fully saturated rings. The molecule has 6 heteroatoms. The third-order valence-corrected chi connectivity index (χ3v) is 15.9. The molecule has 0 heterocycles. The average molecular weight is 1100 g/mol. The van der Waals surface area contributed by atoms with Gasteiger partial charge in [-0.05, 0) is 57.8 Å². The summed E-state index contributed by atoms with van der Waals surface area (Å²) in [6.45, 7) is 6.67. The van der Waals surface area contributed by atoms with Gasteiger partial charge in [-0.2, -0.15) is 0 Å². The summed E-state index contributed by atoms with van der Waals surface area (Å²) < 4.78 is 16.9. The zero-order valence-electron chi connectivity index (χ0n) is 52.7. The van der Waals surface area contributed by atoms with E-state index < -0.39 is 6.10 Å². The topological polar surface area (TPSA) is 78.9 Å². The minimum atomic E-state index is -0.776. The van der Waals surface area contributed by atoms with Gasteiger partial charge in [-0.15, -0.1) is 0 Å². The van der Waals surface area contributed by atoms with Crippen molar-refractivity contribution >= 4 is 17.9 Å². The van der Waals surface area contributed by atoms with Crippen LogP contribution in [0.5, 0.6) is 0 Å². The van der Waals surface area contributed by atoms with E-state index in [1.54, 1.807) is 0 Å². The highest BCUT2D eigenvalue weighted by Crippen LogP contribution is 2.18. The van der Waals surface area contributed by atoms with E-state index in [1.165, 1.54) is 270 Å². The predicted molar refractivity (Wildman–Crippen MR) is 339 cm³/mol. The maximum absolute atomic E-state index is 12.9. The minimum absolute atomic E-state index is 0.0724. The highest BCUT2D eigenvalue weighted by atomic mass is 16.6. The maximum atomic E-state index is 12.9. The van der Waals surface area contributed by atoms with Crippen molar-refractivity contribution in [2.24, 2.45) is 0 Å². The lowest BCUT2D eigenvalue weighted by Crippen LogP contribution is -2.30. The minimum Gasteiger partial charge on any atom is -0.462 e. The molecular formula is C72H134O6. The molecule has 0 aliphatic rings. The van der Waals surface area contributed by atoms with Crippen LogP contribution in [-0.4, -0.2) is 37.2 Å². The molecule has 0 aromatic heterocycles. The summed E-state index contributed by atoms with van der Waals surface area (Å²) in [5.41, 5.74) is 0. The first-order valence-corrected chi connectivity index (χ1v) is 35.0. The molecule has 0 radical (unpaired) electrons. The molecule has 0 saturated carbocycles. The van der Waals surface area contributed by atoms with E-state index >= 15 is 0 Å². The molecule has 0 aromatic rings. The molecule has 0 bridgehead atoms. The van der Waals surface area contributed by atoms with E-state index in [0.29, 0.717) is 19.3 Å². The van der Waals surface area contributed by atoms with Gasteiger partial charge in [-0.3, -0.25) is 14.4 Å². The quantitative estimate of drug-likeness (QED) is 0.0261. The van der Waals surface area contributed by atoms with Crippen molar-refractivity contribution < 1.29 is 28.6 Å². The molecule has 1 unspecified atom stereocenters. The molecule has 0 rings (SSSR count). The highest BCUT2D eigenvalue weighted by molar-refractivity contribution is 5.71. The van der Waals surface area contributed by atoms with Crippen LogP contribution in [-0.2, 0) is 28.6 Å². The van der Waals surface area contributed by atoms with Crippen molar-refractivity contribution in [2.75, 3.05) is 13.2 Å². The molecular weight excluding hydrogens is 961 g/mol. The second-order valence-corrected chi connectivity index (χ2v) is 23.8. The number of carbonyl (C=O) groups excluding carboxylic acids is 3. The molecule has 458 valence electrons. The first-order valence-electron chi connectivity index (χ1n) is 35.0. The number of allylic oxidation sites excluding steroid dienone is 6. The van der Waals surface area contributed by atoms with Gasteiger partial charge in [0.1, 0.15) is 13.2 Å². The smallest absolute Gasteiger partial charge is 0.306 e. The van der Waals surface area contributed by atoms with Gasteiger partial charge in [0, 0.05) is 19.3 Å². The van der Waals surface area contributed by atoms with Crippen LogP contribution in [0.4, 0.5) is 0 Å². The maximum Gasteiger partial charge on any atom is 0.306 e. The van der Waals surface area contributed by atoms with E-state index in [9.17, 15) is 14.4 Å². The Kier molecular flexibility index (Phi) is 65.1. The Balaban J connectivity index is 4.14. The Morgan fingerprint density at radius 1 is 0.256 bits per heavy atom. The number of unbranched alkanes of at least 4 members (excludes halogenated alkanes) is 48. The van der Waals surface area contributed by atoms with E-state index in [1.807, 2.05) is 0 Å². The van der Waals surface area contributed by atoms with Gasteiger partial charge in [0.05, 0.1) is 0 Å². The van der Waals surface area contributed by atoms with E-state index in [0.717, 1.165) is 77.0 Å². The number of hydrogen-bond acceptors (Lipinski definition) is 6. The second kappa shape index (κ2) is 67.1. The molecule has 0 aliphatic heterocycles. The number of ether oxygens (including phenoxy) is 3. The molecule has 0 amide bonds. The lowest BCUT2D eigenvalue weighted by Gasteiger charge is -2.18. The summed E-state index contributed by atoms with van der Waals surface area (Å²) in [5, 5.41) is 0. The molecule has 0 spiro atoms. The van der Waals surface area contributed by atoms with Crippen LogP contribution >= 0.6 is 0 Å². The van der Waals surface area contributed by atoms with Gasteiger partial charge >= 0.3 is 17.9 Å². The zero-order chi connectivity index (χ0) is 56.4. The Bertz CT molecular complexity index is 1300. The molecule has 1 atom stereocenters. The fourth-order valence-corrected chi connectivity index (χ4v) is 10.6. The number of carbonyl (C=O) groups is 3. The Hall–Kier alpha value is -2.37. The third kappa shape index (κ3) is 64.5. The van der Waals surface area contributed by atoms with Gasteiger partial charge in [0.25, 0.3) is 0 Å². The predicted octanol–water partition coefficient (Wildman–Crippen LogP) is 23.9. The normalized spacial score (nSPS) is 12.2. The van der Waals surface area contributed by atoms with Crippen LogP contribution in [0.15, 0.2) is 36.5 Å². The van der Waals surface area contributed by atoms with Crippen molar-refractivity contribution in [3.63, 3.8) is 0 Å². The Morgan fingerprint density at radius 3 is 0.718 bits per heavy atom. The van der Waals surface area contributed by atoms with Crippen molar-refractivity contribution in [2.45, 2.75) is 393 Å². The summed E-state index contributed by atoms with van der Waals surface area (Å²) in [7, 11) is 0. The van der Waals surface area contributed by atoms with Crippen molar-refractivity contribution in [3.8, 4) is 0 Å².